The maximum Gasteiger partial charge on any atom is 0.173 e. The zero-order valence-electron chi connectivity index (χ0n) is 12.9. The molecule has 0 aliphatic rings. The highest BCUT2D eigenvalue weighted by molar-refractivity contribution is 8.14. The summed E-state index contributed by atoms with van der Waals surface area (Å²) in [5.74, 6) is 0.527. The van der Waals surface area contributed by atoms with E-state index >= 15 is 0 Å². The minimum atomic E-state index is 0.142. The zero-order valence-corrected chi connectivity index (χ0v) is 13.7. The van der Waals surface area contributed by atoms with Crippen LogP contribution in [0.1, 0.15) is 27.0 Å². The third kappa shape index (κ3) is 4.23. The molecule has 0 saturated heterocycles. The van der Waals surface area contributed by atoms with Crippen LogP contribution < -0.4 is 0 Å². The van der Waals surface area contributed by atoms with Gasteiger partial charge in [0.2, 0.25) is 0 Å². The van der Waals surface area contributed by atoms with Gasteiger partial charge in [0, 0.05) is 25.9 Å². The van der Waals surface area contributed by atoms with Gasteiger partial charge in [0.25, 0.3) is 0 Å². The lowest BCUT2D eigenvalue weighted by molar-refractivity contribution is 0.102. The SMILES string of the molecule is C=CN=C(SCC(=O)c1c(C)cc(C)cc1C)N(C)C. The van der Waals surface area contributed by atoms with E-state index in [9.17, 15) is 4.79 Å². The van der Waals surface area contributed by atoms with Crippen LogP contribution in [0.15, 0.2) is 29.9 Å². The van der Waals surface area contributed by atoms with E-state index in [-0.39, 0.29) is 5.78 Å². The average Bonchev–Trinajstić information content (AvgIpc) is 2.32. The van der Waals surface area contributed by atoms with Crippen molar-refractivity contribution in [1.29, 1.82) is 0 Å². The fourth-order valence-corrected chi connectivity index (χ4v) is 2.99. The molecular weight excluding hydrogens is 268 g/mol. The van der Waals surface area contributed by atoms with Gasteiger partial charge >= 0.3 is 0 Å². The van der Waals surface area contributed by atoms with E-state index in [1.807, 2.05) is 39.8 Å². The molecule has 0 heterocycles. The summed E-state index contributed by atoms with van der Waals surface area (Å²) in [6.07, 6.45) is 1.50. The van der Waals surface area contributed by atoms with Crippen molar-refractivity contribution in [2.75, 3.05) is 19.8 Å². The standard InChI is InChI=1S/C16H22N2OS/c1-7-17-16(18(5)6)20-10-14(19)15-12(3)8-11(2)9-13(15)4/h7-9H,1,10H2,2-6H3. The topological polar surface area (TPSA) is 32.7 Å². The lowest BCUT2D eigenvalue weighted by Gasteiger charge is -2.15. The molecule has 20 heavy (non-hydrogen) atoms. The third-order valence-electron chi connectivity index (χ3n) is 2.87. The van der Waals surface area contributed by atoms with Crippen LogP contribution in [-0.2, 0) is 0 Å². The van der Waals surface area contributed by atoms with Gasteiger partial charge in [-0.05, 0) is 31.9 Å². The highest BCUT2D eigenvalue weighted by Crippen LogP contribution is 2.19. The van der Waals surface area contributed by atoms with Gasteiger partial charge in [-0.25, -0.2) is 4.99 Å². The quantitative estimate of drug-likeness (QED) is 0.482. The number of nitrogens with zero attached hydrogens (tertiary/aromatic N) is 2. The number of rotatable bonds is 4. The molecule has 1 rings (SSSR count). The number of carbonyl (C=O) groups excluding carboxylic acids is 1. The van der Waals surface area contributed by atoms with Gasteiger partial charge in [-0.1, -0.05) is 36.0 Å². The molecule has 0 atom stereocenters. The third-order valence-corrected chi connectivity index (χ3v) is 4.01. The van der Waals surface area contributed by atoms with Crippen LogP contribution in [0, 0.1) is 20.8 Å². The number of aliphatic imine (C=N–C) groups is 1. The monoisotopic (exact) mass is 290 g/mol. The minimum absolute atomic E-state index is 0.142. The van der Waals surface area contributed by atoms with Gasteiger partial charge in [-0.2, -0.15) is 0 Å². The lowest BCUT2D eigenvalue weighted by atomic mass is 9.97. The summed E-state index contributed by atoms with van der Waals surface area (Å²) < 4.78 is 0. The summed E-state index contributed by atoms with van der Waals surface area (Å²) >= 11 is 1.43. The molecule has 0 aliphatic carbocycles. The summed E-state index contributed by atoms with van der Waals surface area (Å²) in [7, 11) is 3.81. The molecule has 0 amide bonds. The molecule has 0 aliphatic heterocycles. The first-order chi connectivity index (χ1) is 9.36. The van der Waals surface area contributed by atoms with Crippen molar-refractivity contribution in [3.8, 4) is 0 Å². The predicted octanol–water partition coefficient (Wildman–Crippen LogP) is 3.59. The fourth-order valence-electron chi connectivity index (χ4n) is 2.18. The van der Waals surface area contributed by atoms with Crippen molar-refractivity contribution in [3.63, 3.8) is 0 Å². The Balaban J connectivity index is 2.88. The zero-order chi connectivity index (χ0) is 15.3. The van der Waals surface area contributed by atoms with Gasteiger partial charge in [0.05, 0.1) is 5.75 Å². The number of amidine groups is 1. The normalized spacial score (nSPS) is 11.3. The van der Waals surface area contributed by atoms with Gasteiger partial charge in [0.1, 0.15) is 0 Å². The first-order valence-electron chi connectivity index (χ1n) is 6.46. The summed E-state index contributed by atoms with van der Waals surface area (Å²) in [4.78, 5) is 18.5. The molecule has 1 aromatic rings. The molecule has 0 N–H and O–H groups in total. The summed E-state index contributed by atoms with van der Waals surface area (Å²) in [6, 6.07) is 4.10. The molecule has 0 saturated carbocycles. The van der Waals surface area contributed by atoms with E-state index in [4.69, 9.17) is 0 Å². The molecule has 0 bridgehead atoms. The van der Waals surface area contributed by atoms with Gasteiger partial charge in [-0.3, -0.25) is 4.79 Å². The van der Waals surface area contributed by atoms with Crippen molar-refractivity contribution >= 4 is 22.7 Å². The first-order valence-corrected chi connectivity index (χ1v) is 7.45. The van der Waals surface area contributed by atoms with Gasteiger partial charge in [0.15, 0.2) is 11.0 Å². The average molecular weight is 290 g/mol. The van der Waals surface area contributed by atoms with Crippen molar-refractivity contribution in [3.05, 3.63) is 47.2 Å². The smallest absolute Gasteiger partial charge is 0.173 e. The number of hydrogen-bond acceptors (Lipinski definition) is 3. The van der Waals surface area contributed by atoms with E-state index in [0.717, 1.165) is 21.9 Å². The summed E-state index contributed by atoms with van der Waals surface area (Å²) in [5, 5.41) is 0.788. The molecule has 0 unspecified atom stereocenters. The Kier molecular flexibility index (Phi) is 6.02. The number of carbonyl (C=O) groups is 1. The highest BCUT2D eigenvalue weighted by atomic mass is 32.2. The highest BCUT2D eigenvalue weighted by Gasteiger charge is 2.14. The first kappa shape index (κ1) is 16.5. The molecule has 0 radical (unpaired) electrons. The lowest BCUT2D eigenvalue weighted by Crippen LogP contribution is -2.20. The van der Waals surface area contributed by atoms with Crippen LogP contribution in [0.25, 0.3) is 0 Å². The van der Waals surface area contributed by atoms with E-state index < -0.39 is 0 Å². The van der Waals surface area contributed by atoms with Crippen molar-refractivity contribution < 1.29 is 4.79 Å². The Morgan fingerprint density at radius 3 is 2.30 bits per heavy atom. The van der Waals surface area contributed by atoms with E-state index in [2.05, 4.69) is 23.7 Å². The predicted molar refractivity (Wildman–Crippen MR) is 88.8 cm³/mol. The molecule has 108 valence electrons. The van der Waals surface area contributed by atoms with Crippen molar-refractivity contribution in [1.82, 2.24) is 4.90 Å². The van der Waals surface area contributed by atoms with Crippen molar-refractivity contribution in [2.24, 2.45) is 4.99 Å². The van der Waals surface area contributed by atoms with Gasteiger partial charge < -0.3 is 4.90 Å². The Morgan fingerprint density at radius 2 is 1.85 bits per heavy atom. The Morgan fingerprint density at radius 1 is 1.30 bits per heavy atom. The summed E-state index contributed by atoms with van der Waals surface area (Å²) in [5.41, 5.74) is 4.10. The second kappa shape index (κ2) is 7.29. The number of hydrogen-bond donors (Lipinski definition) is 0. The van der Waals surface area contributed by atoms with Crippen LogP contribution in [0.4, 0.5) is 0 Å². The molecule has 4 heteroatoms. The molecule has 3 nitrogen and oxygen atoms in total. The van der Waals surface area contributed by atoms with E-state index in [0.29, 0.717) is 5.75 Å². The van der Waals surface area contributed by atoms with Crippen LogP contribution in [0.3, 0.4) is 0 Å². The second-order valence-corrected chi connectivity index (χ2v) is 5.92. The second-order valence-electron chi connectivity index (χ2n) is 4.97. The van der Waals surface area contributed by atoms with Crippen LogP contribution in [0.5, 0.6) is 0 Å². The molecule has 0 aromatic heterocycles. The number of aryl methyl sites for hydroxylation is 3. The van der Waals surface area contributed by atoms with Crippen LogP contribution in [-0.4, -0.2) is 35.7 Å². The molecule has 1 aromatic carbocycles. The largest absolute Gasteiger partial charge is 0.357 e. The Labute approximate surface area is 125 Å². The number of ketones is 1. The van der Waals surface area contributed by atoms with E-state index in [1.54, 1.807) is 0 Å². The van der Waals surface area contributed by atoms with Gasteiger partial charge in [-0.15, -0.1) is 0 Å². The van der Waals surface area contributed by atoms with Crippen molar-refractivity contribution in [2.45, 2.75) is 20.8 Å². The molecule has 0 fully saturated rings. The minimum Gasteiger partial charge on any atom is -0.357 e. The summed E-state index contributed by atoms with van der Waals surface area (Å²) in [6.45, 7) is 9.62. The number of thioether (sulfide) groups is 1. The Bertz CT molecular complexity index is 524. The number of Topliss-reactive ketones (excluding diaryl/α,β-unsaturated/α-hetero) is 1. The fraction of sp³-hybridized carbons (Fsp3) is 0.375. The maximum absolute atomic E-state index is 12.4. The molecular formula is C16H22N2OS. The Hall–Kier alpha value is -1.55. The maximum atomic E-state index is 12.4. The van der Waals surface area contributed by atoms with Crippen LogP contribution in [0.2, 0.25) is 0 Å². The van der Waals surface area contributed by atoms with Crippen LogP contribution >= 0.6 is 11.8 Å². The number of benzene rings is 1. The molecule has 0 spiro atoms. The van der Waals surface area contributed by atoms with E-state index in [1.165, 1.54) is 23.5 Å².